The van der Waals surface area contributed by atoms with Crippen LogP contribution < -0.4 is 11.1 Å². The molecule has 0 aliphatic rings. The first kappa shape index (κ1) is 14.5. The van der Waals surface area contributed by atoms with Crippen LogP contribution in [0.5, 0.6) is 0 Å². The van der Waals surface area contributed by atoms with Gasteiger partial charge in [-0.1, -0.05) is 11.6 Å². The highest BCUT2D eigenvalue weighted by molar-refractivity contribution is 6.31. The van der Waals surface area contributed by atoms with Gasteiger partial charge in [0.1, 0.15) is 0 Å². The predicted octanol–water partition coefficient (Wildman–Crippen LogP) is 2.10. The molecule has 0 atom stereocenters. The molecule has 5 nitrogen and oxygen atoms in total. The summed E-state index contributed by atoms with van der Waals surface area (Å²) in [6.45, 7) is 3.42. The highest BCUT2D eigenvalue weighted by Crippen LogP contribution is 2.21. The number of nitrogens with one attached hydrogen (secondary N) is 1. The van der Waals surface area contributed by atoms with E-state index in [1.54, 1.807) is 13.8 Å². The molecule has 18 heavy (non-hydrogen) atoms. The smallest absolute Gasteiger partial charge is 0.337 e. The highest BCUT2D eigenvalue weighted by Gasteiger charge is 2.18. The monoisotopic (exact) mass is 270 g/mol. The number of benzene rings is 1. The molecule has 0 unspecified atom stereocenters. The molecule has 98 valence electrons. The molecule has 0 heterocycles. The Balaban J connectivity index is 2.93. The number of anilines is 1. The van der Waals surface area contributed by atoms with Crippen molar-refractivity contribution < 1.29 is 14.7 Å². The van der Waals surface area contributed by atoms with Gasteiger partial charge in [-0.05, 0) is 32.0 Å². The first-order valence-corrected chi connectivity index (χ1v) is 5.68. The van der Waals surface area contributed by atoms with Crippen LogP contribution in [0.2, 0.25) is 5.02 Å². The van der Waals surface area contributed by atoms with Crippen LogP contribution in [0.3, 0.4) is 0 Å². The van der Waals surface area contributed by atoms with Gasteiger partial charge in [-0.2, -0.15) is 0 Å². The number of carbonyl (C=O) groups excluding carboxylic acids is 1. The predicted molar refractivity (Wildman–Crippen MR) is 69.9 cm³/mol. The van der Waals surface area contributed by atoms with Crippen molar-refractivity contribution in [3.63, 3.8) is 0 Å². The third-order valence-corrected chi connectivity index (χ3v) is 2.34. The zero-order valence-corrected chi connectivity index (χ0v) is 10.9. The number of halogens is 1. The van der Waals surface area contributed by atoms with Crippen molar-refractivity contribution in [1.29, 1.82) is 0 Å². The first-order valence-electron chi connectivity index (χ1n) is 5.30. The van der Waals surface area contributed by atoms with Crippen molar-refractivity contribution in [2.24, 2.45) is 5.73 Å². The number of amides is 1. The minimum absolute atomic E-state index is 0.0115. The minimum atomic E-state index is -1.13. The highest BCUT2D eigenvalue weighted by atomic mass is 35.5. The molecule has 4 N–H and O–H groups in total. The lowest BCUT2D eigenvalue weighted by molar-refractivity contribution is -0.117. The van der Waals surface area contributed by atoms with E-state index in [-0.39, 0.29) is 23.6 Å². The number of carboxylic acids is 1. The van der Waals surface area contributed by atoms with Crippen molar-refractivity contribution in [3.8, 4) is 0 Å². The van der Waals surface area contributed by atoms with E-state index in [1.807, 2.05) is 0 Å². The van der Waals surface area contributed by atoms with Crippen LogP contribution in [0.25, 0.3) is 0 Å². The lowest BCUT2D eigenvalue weighted by atomic mass is 10.0. The van der Waals surface area contributed by atoms with E-state index in [4.69, 9.17) is 22.4 Å². The van der Waals surface area contributed by atoms with Crippen LogP contribution in [0, 0.1) is 0 Å². The van der Waals surface area contributed by atoms with Crippen molar-refractivity contribution in [2.75, 3.05) is 5.32 Å². The van der Waals surface area contributed by atoms with Crippen LogP contribution in [-0.2, 0) is 4.79 Å². The zero-order chi connectivity index (χ0) is 13.9. The van der Waals surface area contributed by atoms with Gasteiger partial charge in [0, 0.05) is 17.0 Å². The summed E-state index contributed by atoms with van der Waals surface area (Å²) >= 11 is 5.77. The molecule has 0 aliphatic heterocycles. The Morgan fingerprint density at radius 2 is 2.06 bits per heavy atom. The van der Waals surface area contributed by atoms with Crippen LogP contribution in [0.4, 0.5) is 5.69 Å². The molecule has 0 bridgehead atoms. The summed E-state index contributed by atoms with van der Waals surface area (Å²) < 4.78 is 0. The summed E-state index contributed by atoms with van der Waals surface area (Å²) in [5.74, 6) is -1.48. The van der Waals surface area contributed by atoms with E-state index in [9.17, 15) is 9.59 Å². The Bertz CT molecular complexity index is 481. The molecule has 0 radical (unpaired) electrons. The van der Waals surface area contributed by atoms with E-state index < -0.39 is 11.5 Å². The zero-order valence-electron chi connectivity index (χ0n) is 10.2. The van der Waals surface area contributed by atoms with Crippen LogP contribution in [0.1, 0.15) is 30.6 Å². The van der Waals surface area contributed by atoms with Crippen LogP contribution in [0.15, 0.2) is 18.2 Å². The number of hydrogen-bond acceptors (Lipinski definition) is 3. The van der Waals surface area contributed by atoms with Gasteiger partial charge in [0.05, 0.1) is 11.3 Å². The second kappa shape index (κ2) is 5.37. The summed E-state index contributed by atoms with van der Waals surface area (Å²) in [7, 11) is 0. The summed E-state index contributed by atoms with van der Waals surface area (Å²) in [4.78, 5) is 22.7. The van der Waals surface area contributed by atoms with Gasteiger partial charge >= 0.3 is 5.97 Å². The molecular formula is C12H15ClN2O3. The number of carbonyl (C=O) groups is 2. The SMILES string of the molecule is CC(C)(N)CC(=O)Nc1cc(Cl)ccc1C(=O)O. The van der Waals surface area contributed by atoms with Crippen molar-refractivity contribution in [2.45, 2.75) is 25.8 Å². The van der Waals surface area contributed by atoms with E-state index in [2.05, 4.69) is 5.32 Å². The molecule has 0 fully saturated rings. The van der Waals surface area contributed by atoms with Gasteiger partial charge in [-0.15, -0.1) is 0 Å². The molecule has 0 aliphatic carbocycles. The molecule has 0 saturated heterocycles. The Morgan fingerprint density at radius 1 is 1.44 bits per heavy atom. The second-order valence-electron chi connectivity index (χ2n) is 4.71. The van der Waals surface area contributed by atoms with Gasteiger partial charge in [0.2, 0.25) is 5.91 Å². The molecule has 6 heteroatoms. The molecule has 0 spiro atoms. The fraction of sp³-hybridized carbons (Fsp3) is 0.333. The molecule has 1 rings (SSSR count). The summed E-state index contributed by atoms with van der Waals surface area (Å²) in [6, 6.07) is 4.19. The van der Waals surface area contributed by atoms with E-state index in [0.29, 0.717) is 5.02 Å². The standard InChI is InChI=1S/C12H15ClN2O3/c1-12(2,14)6-10(16)15-9-5-7(13)3-4-8(9)11(17)18/h3-5H,6,14H2,1-2H3,(H,15,16)(H,17,18). The number of carboxylic acid groups (broad SMARTS) is 1. The van der Waals surface area contributed by atoms with Gasteiger partial charge < -0.3 is 16.2 Å². The maximum atomic E-state index is 11.7. The summed E-state index contributed by atoms with van der Waals surface area (Å²) in [6.07, 6.45) is 0.0819. The fourth-order valence-corrected chi connectivity index (χ4v) is 1.59. The third kappa shape index (κ3) is 4.35. The van der Waals surface area contributed by atoms with Crippen molar-refractivity contribution in [1.82, 2.24) is 0 Å². The van der Waals surface area contributed by atoms with Crippen molar-refractivity contribution >= 4 is 29.2 Å². The van der Waals surface area contributed by atoms with Gasteiger partial charge in [0.15, 0.2) is 0 Å². The number of rotatable bonds is 4. The summed E-state index contributed by atoms with van der Waals surface area (Å²) in [5.41, 5.74) is 5.21. The van der Waals surface area contributed by atoms with Gasteiger partial charge in [0.25, 0.3) is 0 Å². The lowest BCUT2D eigenvalue weighted by Crippen LogP contribution is -2.36. The topological polar surface area (TPSA) is 92.4 Å². The maximum Gasteiger partial charge on any atom is 0.337 e. The van der Waals surface area contributed by atoms with Gasteiger partial charge in [-0.3, -0.25) is 4.79 Å². The quantitative estimate of drug-likeness (QED) is 0.781. The number of hydrogen-bond donors (Lipinski definition) is 3. The van der Waals surface area contributed by atoms with Crippen LogP contribution >= 0.6 is 11.6 Å². The Morgan fingerprint density at radius 3 is 2.56 bits per heavy atom. The molecule has 0 aromatic heterocycles. The van der Waals surface area contributed by atoms with Crippen LogP contribution in [-0.4, -0.2) is 22.5 Å². The Hall–Kier alpha value is -1.59. The third-order valence-electron chi connectivity index (χ3n) is 2.10. The van der Waals surface area contributed by atoms with E-state index >= 15 is 0 Å². The molecular weight excluding hydrogens is 256 g/mol. The first-order chi connectivity index (χ1) is 8.19. The average Bonchev–Trinajstić information content (AvgIpc) is 2.13. The molecule has 1 aromatic rings. The Kier molecular flexibility index (Phi) is 4.32. The normalized spacial score (nSPS) is 11.1. The maximum absolute atomic E-state index is 11.7. The molecule has 0 saturated carbocycles. The summed E-state index contributed by atoms with van der Waals surface area (Å²) in [5, 5.41) is 11.8. The van der Waals surface area contributed by atoms with Crippen molar-refractivity contribution in [3.05, 3.63) is 28.8 Å². The largest absolute Gasteiger partial charge is 0.478 e. The molecule has 1 amide bonds. The minimum Gasteiger partial charge on any atom is -0.478 e. The number of nitrogens with two attached hydrogens (primary N) is 1. The second-order valence-corrected chi connectivity index (χ2v) is 5.15. The van der Waals surface area contributed by atoms with E-state index in [0.717, 1.165) is 0 Å². The molecule has 1 aromatic carbocycles. The lowest BCUT2D eigenvalue weighted by Gasteiger charge is -2.18. The van der Waals surface area contributed by atoms with Gasteiger partial charge in [-0.25, -0.2) is 4.79 Å². The van der Waals surface area contributed by atoms with E-state index in [1.165, 1.54) is 18.2 Å². The average molecular weight is 271 g/mol. The fourth-order valence-electron chi connectivity index (χ4n) is 1.41. The Labute approximate surface area is 110 Å². The number of aromatic carboxylic acids is 1.